The van der Waals surface area contributed by atoms with Crippen LogP contribution in [0.2, 0.25) is 0 Å². The summed E-state index contributed by atoms with van der Waals surface area (Å²) in [5.41, 5.74) is 1.56. The van der Waals surface area contributed by atoms with Crippen molar-refractivity contribution >= 4 is 11.9 Å². The van der Waals surface area contributed by atoms with E-state index in [4.69, 9.17) is 4.74 Å². The van der Waals surface area contributed by atoms with E-state index >= 15 is 0 Å². The van der Waals surface area contributed by atoms with Gasteiger partial charge in [0.1, 0.15) is 5.92 Å². The van der Waals surface area contributed by atoms with Crippen molar-refractivity contribution in [2.24, 2.45) is 0 Å². The van der Waals surface area contributed by atoms with Crippen LogP contribution in [-0.4, -0.2) is 23.1 Å². The largest absolute Gasteiger partial charge is 0.479 e. The number of carboxylic acids is 1. The quantitative estimate of drug-likeness (QED) is 0.793. The van der Waals surface area contributed by atoms with Gasteiger partial charge in [-0.3, -0.25) is 4.79 Å². The third kappa shape index (κ3) is 4.42. The van der Waals surface area contributed by atoms with Gasteiger partial charge in [-0.15, -0.1) is 0 Å². The summed E-state index contributed by atoms with van der Waals surface area (Å²) in [6, 6.07) is 18.5. The fourth-order valence-corrected chi connectivity index (χ4v) is 2.46. The van der Waals surface area contributed by atoms with Crippen LogP contribution in [0, 0.1) is 0 Å². The van der Waals surface area contributed by atoms with Crippen molar-refractivity contribution < 1.29 is 19.4 Å². The maximum atomic E-state index is 12.6. The maximum Gasteiger partial charge on any atom is 0.345 e. The smallest absolute Gasteiger partial charge is 0.345 e. The molecule has 4 heteroatoms. The highest BCUT2D eigenvalue weighted by atomic mass is 16.6. The molecule has 0 saturated carbocycles. The number of rotatable bonds is 7. The van der Waals surface area contributed by atoms with Crippen molar-refractivity contribution in [2.75, 3.05) is 0 Å². The first kappa shape index (κ1) is 16.7. The van der Waals surface area contributed by atoms with E-state index in [0.717, 1.165) is 11.1 Å². The minimum absolute atomic E-state index is 0.303. The molecule has 0 bridgehead atoms. The Balaban J connectivity index is 2.30. The van der Waals surface area contributed by atoms with Crippen molar-refractivity contribution in [2.45, 2.75) is 31.8 Å². The molecule has 0 fully saturated rings. The Hall–Kier alpha value is -2.62. The summed E-state index contributed by atoms with van der Waals surface area (Å²) in [4.78, 5) is 23.9. The lowest BCUT2D eigenvalue weighted by Crippen LogP contribution is -2.30. The molecule has 120 valence electrons. The molecule has 0 amide bonds. The zero-order valence-corrected chi connectivity index (χ0v) is 13.0. The fourth-order valence-electron chi connectivity index (χ4n) is 2.46. The third-order valence-corrected chi connectivity index (χ3v) is 3.59. The molecular formula is C19H20O4. The lowest BCUT2D eigenvalue weighted by molar-refractivity contribution is -0.164. The van der Waals surface area contributed by atoms with E-state index in [1.54, 1.807) is 0 Å². The molecule has 1 atom stereocenters. The van der Waals surface area contributed by atoms with Crippen LogP contribution in [0.5, 0.6) is 0 Å². The summed E-state index contributed by atoms with van der Waals surface area (Å²) in [7, 11) is 0. The average Bonchev–Trinajstić information content (AvgIpc) is 2.56. The maximum absolute atomic E-state index is 12.6. The lowest BCUT2D eigenvalue weighted by Gasteiger charge is -2.20. The normalized spacial score (nSPS) is 11.9. The average molecular weight is 312 g/mol. The van der Waals surface area contributed by atoms with Gasteiger partial charge in [-0.1, -0.05) is 74.0 Å². The molecular weight excluding hydrogens is 292 g/mol. The van der Waals surface area contributed by atoms with Gasteiger partial charge >= 0.3 is 11.9 Å². The van der Waals surface area contributed by atoms with E-state index in [2.05, 4.69) is 0 Å². The van der Waals surface area contributed by atoms with Crippen molar-refractivity contribution in [1.29, 1.82) is 0 Å². The predicted molar refractivity (Wildman–Crippen MR) is 87.2 cm³/mol. The van der Waals surface area contributed by atoms with E-state index in [1.165, 1.54) is 0 Å². The van der Waals surface area contributed by atoms with Crippen LogP contribution in [0.15, 0.2) is 60.7 Å². The van der Waals surface area contributed by atoms with Crippen LogP contribution in [0.25, 0.3) is 0 Å². The number of carboxylic acid groups (broad SMARTS) is 1. The molecule has 0 aliphatic rings. The number of aliphatic carboxylic acids is 1. The Labute approximate surface area is 135 Å². The van der Waals surface area contributed by atoms with Crippen LogP contribution >= 0.6 is 0 Å². The van der Waals surface area contributed by atoms with Gasteiger partial charge in [0, 0.05) is 0 Å². The van der Waals surface area contributed by atoms with Gasteiger partial charge in [0.25, 0.3) is 0 Å². The van der Waals surface area contributed by atoms with E-state index in [0.29, 0.717) is 12.8 Å². The molecule has 4 nitrogen and oxygen atoms in total. The first-order valence-corrected chi connectivity index (χ1v) is 7.66. The van der Waals surface area contributed by atoms with Crippen molar-refractivity contribution in [1.82, 2.24) is 0 Å². The standard InChI is InChI=1S/C19H20O4/c1-2-9-16(18(20)21)23-19(22)17(14-10-5-3-6-11-14)15-12-7-4-8-13-15/h3-8,10-13,16-17H,2,9H2,1H3,(H,20,21). The van der Waals surface area contributed by atoms with Crippen molar-refractivity contribution in [3.63, 3.8) is 0 Å². The molecule has 23 heavy (non-hydrogen) atoms. The Morgan fingerprint density at radius 3 is 1.83 bits per heavy atom. The summed E-state index contributed by atoms with van der Waals surface area (Å²) >= 11 is 0. The van der Waals surface area contributed by atoms with Crippen LogP contribution in [0.1, 0.15) is 36.8 Å². The Morgan fingerprint density at radius 2 is 1.43 bits per heavy atom. The third-order valence-electron chi connectivity index (χ3n) is 3.59. The molecule has 2 aromatic rings. The van der Waals surface area contributed by atoms with Gasteiger partial charge in [0.15, 0.2) is 6.10 Å². The lowest BCUT2D eigenvalue weighted by atomic mass is 9.91. The molecule has 0 aliphatic carbocycles. The molecule has 0 heterocycles. The highest BCUT2D eigenvalue weighted by Crippen LogP contribution is 2.26. The molecule has 1 unspecified atom stereocenters. The molecule has 0 spiro atoms. The summed E-state index contributed by atoms with van der Waals surface area (Å²) in [6.45, 7) is 1.86. The number of hydrogen-bond donors (Lipinski definition) is 1. The minimum atomic E-state index is -1.11. The zero-order chi connectivity index (χ0) is 16.7. The second-order valence-corrected chi connectivity index (χ2v) is 5.31. The van der Waals surface area contributed by atoms with Crippen LogP contribution in [0.3, 0.4) is 0 Å². The molecule has 0 aliphatic heterocycles. The van der Waals surface area contributed by atoms with Gasteiger partial charge < -0.3 is 9.84 Å². The van der Waals surface area contributed by atoms with Gasteiger partial charge in [0.05, 0.1) is 0 Å². The number of ether oxygens (including phenoxy) is 1. The number of carbonyl (C=O) groups is 2. The van der Waals surface area contributed by atoms with E-state index in [9.17, 15) is 14.7 Å². The zero-order valence-electron chi connectivity index (χ0n) is 13.0. The molecule has 1 N–H and O–H groups in total. The SMILES string of the molecule is CCCC(OC(=O)C(c1ccccc1)c1ccccc1)C(=O)O. The first-order chi connectivity index (χ1) is 11.1. The molecule has 0 aromatic heterocycles. The van der Waals surface area contributed by atoms with Gasteiger partial charge in [-0.25, -0.2) is 4.79 Å². The van der Waals surface area contributed by atoms with Gasteiger partial charge in [0.2, 0.25) is 0 Å². The second-order valence-electron chi connectivity index (χ2n) is 5.31. The van der Waals surface area contributed by atoms with Gasteiger partial charge in [-0.05, 0) is 17.5 Å². The molecule has 0 saturated heterocycles. The number of esters is 1. The van der Waals surface area contributed by atoms with Crippen molar-refractivity contribution in [3.8, 4) is 0 Å². The molecule has 2 aromatic carbocycles. The van der Waals surface area contributed by atoms with E-state index in [1.807, 2.05) is 67.6 Å². The Morgan fingerprint density at radius 1 is 0.957 bits per heavy atom. The summed E-state index contributed by atoms with van der Waals surface area (Å²) in [5, 5.41) is 9.20. The highest BCUT2D eigenvalue weighted by molar-refractivity contribution is 5.85. The Kier molecular flexibility index (Phi) is 5.92. The number of benzene rings is 2. The van der Waals surface area contributed by atoms with Gasteiger partial charge in [-0.2, -0.15) is 0 Å². The minimum Gasteiger partial charge on any atom is -0.479 e. The van der Waals surface area contributed by atoms with Crippen molar-refractivity contribution in [3.05, 3.63) is 71.8 Å². The summed E-state index contributed by atoms with van der Waals surface area (Å²) in [5.74, 6) is -2.28. The van der Waals surface area contributed by atoms with E-state index in [-0.39, 0.29) is 0 Å². The topological polar surface area (TPSA) is 63.6 Å². The number of hydrogen-bond acceptors (Lipinski definition) is 3. The monoisotopic (exact) mass is 312 g/mol. The van der Waals surface area contributed by atoms with Crippen LogP contribution in [-0.2, 0) is 14.3 Å². The van der Waals surface area contributed by atoms with E-state index < -0.39 is 24.0 Å². The first-order valence-electron chi connectivity index (χ1n) is 7.66. The molecule has 0 radical (unpaired) electrons. The van der Waals surface area contributed by atoms with Crippen LogP contribution in [0.4, 0.5) is 0 Å². The van der Waals surface area contributed by atoms with Crippen LogP contribution < -0.4 is 0 Å². The Bertz CT molecular complexity index is 597. The summed E-state index contributed by atoms with van der Waals surface area (Å²) in [6.07, 6.45) is -0.175. The summed E-state index contributed by atoms with van der Waals surface area (Å²) < 4.78 is 5.28. The second kappa shape index (κ2) is 8.13. The fraction of sp³-hybridized carbons (Fsp3) is 0.263. The molecule has 2 rings (SSSR count). The highest BCUT2D eigenvalue weighted by Gasteiger charge is 2.29. The predicted octanol–water partition coefficient (Wildman–Crippen LogP) is 3.62. The number of carbonyl (C=O) groups excluding carboxylic acids is 1.